The molecule has 0 saturated heterocycles. The Bertz CT molecular complexity index is 990. The summed E-state index contributed by atoms with van der Waals surface area (Å²) in [5, 5.41) is 0. The maximum absolute atomic E-state index is 13.5. The van der Waals surface area contributed by atoms with E-state index in [0.717, 1.165) is 34.4 Å². The van der Waals surface area contributed by atoms with Crippen LogP contribution >= 0.6 is 0 Å². The quantitative estimate of drug-likeness (QED) is 0.402. The number of hydrogen-bond donors (Lipinski definition) is 1. The summed E-state index contributed by atoms with van der Waals surface area (Å²) in [6, 6.07) is 12.8. The number of alkyl halides is 3. The number of rotatable bonds is 8. The molecule has 1 unspecified atom stereocenters. The molecule has 0 fully saturated rings. The number of hydrogen-bond acceptors (Lipinski definition) is 0. The molecular formula is C23H22F5N2+. The molecule has 0 aliphatic heterocycles. The van der Waals surface area contributed by atoms with E-state index < -0.39 is 23.4 Å². The van der Waals surface area contributed by atoms with Gasteiger partial charge in [0.15, 0.2) is 11.6 Å². The predicted octanol–water partition coefficient (Wildman–Crippen LogP) is 4.60. The van der Waals surface area contributed by atoms with Crippen LogP contribution < -0.4 is 4.90 Å². The van der Waals surface area contributed by atoms with Crippen LogP contribution in [0.15, 0.2) is 73.4 Å². The molecule has 0 amide bonds. The highest BCUT2D eigenvalue weighted by atomic mass is 19.4. The molecule has 30 heavy (non-hydrogen) atoms. The van der Waals surface area contributed by atoms with Crippen LogP contribution in [-0.2, 0) is 25.8 Å². The Balaban J connectivity index is 1.72. The Labute approximate surface area is 171 Å². The lowest BCUT2D eigenvalue weighted by Gasteiger charge is -2.19. The molecule has 0 spiro atoms. The average molecular weight is 421 g/mol. The van der Waals surface area contributed by atoms with Gasteiger partial charge in [0.2, 0.25) is 0 Å². The van der Waals surface area contributed by atoms with Crippen molar-refractivity contribution in [2.75, 3.05) is 6.54 Å². The standard InChI is InChI=1S/C23H21F5N2/c1-2-11-29(14-18-7-10-21(24)22(25)13-18)16-20-4-3-12-30(20)15-17-5-8-19(9-6-17)23(26,27)28/h2-10,12-13H,1,11,14-16H2/p+1. The van der Waals surface area contributed by atoms with Gasteiger partial charge in [-0.05, 0) is 48.0 Å². The van der Waals surface area contributed by atoms with E-state index in [1.54, 1.807) is 12.1 Å². The molecule has 0 aliphatic rings. The molecule has 1 heterocycles. The summed E-state index contributed by atoms with van der Waals surface area (Å²) in [5.74, 6) is -1.76. The molecule has 0 aliphatic carbocycles. The van der Waals surface area contributed by atoms with Gasteiger partial charge in [0.25, 0.3) is 0 Å². The van der Waals surface area contributed by atoms with Gasteiger partial charge in [-0.2, -0.15) is 13.2 Å². The normalized spacial score (nSPS) is 12.7. The second-order valence-electron chi connectivity index (χ2n) is 7.17. The molecule has 2 nitrogen and oxygen atoms in total. The van der Waals surface area contributed by atoms with Crippen molar-refractivity contribution in [1.29, 1.82) is 0 Å². The number of halogens is 5. The van der Waals surface area contributed by atoms with E-state index in [-0.39, 0.29) is 0 Å². The van der Waals surface area contributed by atoms with Crippen LogP contribution in [0.5, 0.6) is 0 Å². The fourth-order valence-electron chi connectivity index (χ4n) is 3.37. The SMILES string of the molecule is C=CC[NH+](Cc1ccc(F)c(F)c1)Cc1cccn1Cc1ccc(C(F)(F)F)cc1. The summed E-state index contributed by atoms with van der Waals surface area (Å²) in [6.07, 6.45) is -0.722. The maximum atomic E-state index is 13.5. The first-order chi connectivity index (χ1) is 14.3. The Kier molecular flexibility index (Phi) is 6.72. The van der Waals surface area contributed by atoms with Gasteiger partial charge in [0.1, 0.15) is 13.1 Å². The van der Waals surface area contributed by atoms with Crippen LogP contribution in [0, 0.1) is 11.6 Å². The van der Waals surface area contributed by atoms with E-state index in [0.29, 0.717) is 31.7 Å². The highest BCUT2D eigenvalue weighted by molar-refractivity contribution is 5.25. The third-order valence-corrected chi connectivity index (χ3v) is 4.86. The van der Waals surface area contributed by atoms with Gasteiger partial charge in [-0.25, -0.2) is 8.78 Å². The minimum Gasteiger partial charge on any atom is -0.342 e. The first kappa shape index (κ1) is 21.8. The van der Waals surface area contributed by atoms with E-state index in [1.165, 1.54) is 18.2 Å². The van der Waals surface area contributed by atoms with Crippen molar-refractivity contribution in [3.63, 3.8) is 0 Å². The molecule has 1 N–H and O–H groups in total. The lowest BCUT2D eigenvalue weighted by atomic mass is 10.1. The molecule has 158 valence electrons. The molecule has 2 aromatic carbocycles. The van der Waals surface area contributed by atoms with Gasteiger partial charge in [-0.15, -0.1) is 0 Å². The van der Waals surface area contributed by atoms with Crippen molar-refractivity contribution in [1.82, 2.24) is 4.57 Å². The van der Waals surface area contributed by atoms with E-state index >= 15 is 0 Å². The summed E-state index contributed by atoms with van der Waals surface area (Å²) < 4.78 is 66.9. The van der Waals surface area contributed by atoms with Gasteiger partial charge < -0.3 is 9.47 Å². The molecule has 3 rings (SSSR count). The summed E-state index contributed by atoms with van der Waals surface area (Å²) in [5.41, 5.74) is 1.74. The van der Waals surface area contributed by atoms with Crippen molar-refractivity contribution in [2.24, 2.45) is 0 Å². The Hall–Kier alpha value is -2.93. The van der Waals surface area contributed by atoms with Gasteiger partial charge in [-0.3, -0.25) is 0 Å². The number of aromatic nitrogens is 1. The summed E-state index contributed by atoms with van der Waals surface area (Å²) in [6.45, 7) is 5.90. The van der Waals surface area contributed by atoms with Gasteiger partial charge in [-0.1, -0.05) is 24.8 Å². The van der Waals surface area contributed by atoms with Crippen LogP contribution in [0.25, 0.3) is 0 Å². The van der Waals surface area contributed by atoms with Crippen LogP contribution in [0.3, 0.4) is 0 Å². The van der Waals surface area contributed by atoms with Crippen molar-refractivity contribution in [2.45, 2.75) is 25.8 Å². The fraction of sp³-hybridized carbons (Fsp3) is 0.217. The van der Waals surface area contributed by atoms with Crippen LogP contribution in [0.2, 0.25) is 0 Å². The number of nitrogens with one attached hydrogen (secondary N) is 1. The maximum Gasteiger partial charge on any atom is 0.416 e. The molecule has 1 aromatic heterocycles. The van der Waals surface area contributed by atoms with E-state index in [4.69, 9.17) is 0 Å². The van der Waals surface area contributed by atoms with Crippen LogP contribution in [0.4, 0.5) is 22.0 Å². The number of quaternary nitrogens is 1. The number of benzene rings is 2. The zero-order valence-electron chi connectivity index (χ0n) is 16.2. The molecule has 0 saturated carbocycles. The Morgan fingerprint density at radius 3 is 2.23 bits per heavy atom. The van der Waals surface area contributed by atoms with Gasteiger partial charge >= 0.3 is 6.18 Å². The van der Waals surface area contributed by atoms with Crippen molar-refractivity contribution in [3.8, 4) is 0 Å². The average Bonchev–Trinajstić information content (AvgIpc) is 3.11. The first-order valence-corrected chi connectivity index (χ1v) is 9.45. The predicted molar refractivity (Wildman–Crippen MR) is 105 cm³/mol. The first-order valence-electron chi connectivity index (χ1n) is 9.45. The van der Waals surface area contributed by atoms with Crippen LogP contribution in [0.1, 0.15) is 22.4 Å². The third kappa shape index (κ3) is 5.57. The molecule has 0 bridgehead atoms. The zero-order valence-corrected chi connectivity index (χ0v) is 16.2. The van der Waals surface area contributed by atoms with E-state index in [2.05, 4.69) is 6.58 Å². The minimum atomic E-state index is -4.36. The topological polar surface area (TPSA) is 9.37 Å². The van der Waals surface area contributed by atoms with Gasteiger partial charge in [0.05, 0.1) is 17.8 Å². The van der Waals surface area contributed by atoms with Crippen molar-refractivity contribution < 1.29 is 26.9 Å². The number of nitrogens with zero attached hydrogens (tertiary/aromatic N) is 1. The Morgan fingerprint density at radius 2 is 1.60 bits per heavy atom. The summed E-state index contributed by atoms with van der Waals surface area (Å²) in [4.78, 5) is 1.07. The Morgan fingerprint density at radius 1 is 0.900 bits per heavy atom. The summed E-state index contributed by atoms with van der Waals surface area (Å²) >= 11 is 0. The lowest BCUT2D eigenvalue weighted by Crippen LogP contribution is -3.09. The highest BCUT2D eigenvalue weighted by Gasteiger charge is 2.29. The van der Waals surface area contributed by atoms with Crippen LogP contribution in [-0.4, -0.2) is 11.1 Å². The molecule has 7 heteroatoms. The fourth-order valence-corrected chi connectivity index (χ4v) is 3.37. The molecule has 0 radical (unpaired) electrons. The monoisotopic (exact) mass is 421 g/mol. The van der Waals surface area contributed by atoms with E-state index in [1.807, 2.05) is 22.9 Å². The second kappa shape index (κ2) is 9.26. The zero-order chi connectivity index (χ0) is 21.7. The highest BCUT2D eigenvalue weighted by Crippen LogP contribution is 2.29. The third-order valence-electron chi connectivity index (χ3n) is 4.86. The lowest BCUT2D eigenvalue weighted by molar-refractivity contribution is -0.922. The molecule has 1 atom stereocenters. The minimum absolute atomic E-state index is 0.438. The second-order valence-corrected chi connectivity index (χ2v) is 7.17. The van der Waals surface area contributed by atoms with Crippen molar-refractivity contribution >= 4 is 0 Å². The largest absolute Gasteiger partial charge is 0.416 e. The molecular weight excluding hydrogens is 399 g/mol. The van der Waals surface area contributed by atoms with Crippen molar-refractivity contribution in [3.05, 3.63) is 107 Å². The van der Waals surface area contributed by atoms with E-state index in [9.17, 15) is 22.0 Å². The van der Waals surface area contributed by atoms with Gasteiger partial charge in [0, 0.05) is 18.3 Å². The molecule has 3 aromatic rings. The smallest absolute Gasteiger partial charge is 0.342 e. The summed E-state index contributed by atoms with van der Waals surface area (Å²) in [7, 11) is 0.